The Morgan fingerprint density at radius 1 is 1.38 bits per heavy atom. The molecule has 2 unspecified atom stereocenters. The lowest BCUT2D eigenvalue weighted by molar-refractivity contribution is 0.179. The highest BCUT2D eigenvalue weighted by molar-refractivity contribution is 5.30. The molecule has 0 aromatic heterocycles. The van der Waals surface area contributed by atoms with Crippen molar-refractivity contribution in [3.63, 3.8) is 0 Å². The molecule has 0 saturated heterocycles. The van der Waals surface area contributed by atoms with Crippen LogP contribution in [0.15, 0.2) is 24.3 Å². The van der Waals surface area contributed by atoms with Crippen molar-refractivity contribution in [2.45, 2.75) is 70.6 Å². The minimum absolute atomic E-state index is 0.00307. The molecule has 1 aromatic carbocycles. The first-order valence-electron chi connectivity index (χ1n) is 7.87. The van der Waals surface area contributed by atoms with E-state index in [-0.39, 0.29) is 6.10 Å². The molecule has 3 heteroatoms. The van der Waals surface area contributed by atoms with Gasteiger partial charge >= 0.3 is 0 Å². The largest absolute Gasteiger partial charge is 0.491 e. The minimum Gasteiger partial charge on any atom is -0.491 e. The summed E-state index contributed by atoms with van der Waals surface area (Å²) in [4.78, 5) is 0. The van der Waals surface area contributed by atoms with Gasteiger partial charge in [-0.3, -0.25) is 5.32 Å². The van der Waals surface area contributed by atoms with E-state index in [0.717, 1.165) is 5.75 Å². The van der Waals surface area contributed by atoms with Crippen LogP contribution in [0.4, 0.5) is 0 Å². The number of rotatable bonds is 7. The zero-order valence-electron chi connectivity index (χ0n) is 13.5. The van der Waals surface area contributed by atoms with Crippen LogP contribution >= 0.6 is 0 Å². The molecule has 1 aromatic rings. The van der Waals surface area contributed by atoms with Gasteiger partial charge in [-0.05, 0) is 50.3 Å². The Hall–Kier alpha value is -1.53. The van der Waals surface area contributed by atoms with Gasteiger partial charge in [-0.15, -0.1) is 0 Å². The van der Waals surface area contributed by atoms with Crippen LogP contribution in [0.25, 0.3) is 0 Å². The van der Waals surface area contributed by atoms with Crippen LogP contribution in [0.5, 0.6) is 5.75 Å². The standard InChI is InChI=1S/C18H26N2O/c1-13(2)15-6-5-7-17(10-15)21-14(3)11-18(4,12-19)20-16-8-9-16/h5-7,10,13-14,16,20H,8-9,11H2,1-4H3. The Bertz CT molecular complexity index is 516. The first kappa shape index (κ1) is 15.9. The maximum Gasteiger partial charge on any atom is 0.119 e. The zero-order valence-corrected chi connectivity index (χ0v) is 13.5. The molecule has 114 valence electrons. The molecule has 1 N–H and O–H groups in total. The zero-order chi connectivity index (χ0) is 15.5. The van der Waals surface area contributed by atoms with Crippen molar-refractivity contribution in [3.8, 4) is 11.8 Å². The van der Waals surface area contributed by atoms with Gasteiger partial charge in [-0.2, -0.15) is 5.26 Å². The number of hydrogen-bond donors (Lipinski definition) is 1. The van der Waals surface area contributed by atoms with Gasteiger partial charge in [0.2, 0.25) is 0 Å². The van der Waals surface area contributed by atoms with E-state index in [2.05, 4.69) is 37.4 Å². The molecule has 0 aliphatic heterocycles. The summed E-state index contributed by atoms with van der Waals surface area (Å²) in [6, 6.07) is 11.2. The van der Waals surface area contributed by atoms with Gasteiger partial charge in [0.15, 0.2) is 0 Å². The molecule has 2 rings (SSSR count). The predicted octanol–water partition coefficient (Wildman–Crippen LogP) is 4.00. The van der Waals surface area contributed by atoms with Gasteiger partial charge in [-0.1, -0.05) is 26.0 Å². The van der Waals surface area contributed by atoms with Crippen molar-refractivity contribution in [2.75, 3.05) is 0 Å². The van der Waals surface area contributed by atoms with Gasteiger partial charge in [0.05, 0.1) is 12.2 Å². The van der Waals surface area contributed by atoms with E-state index in [1.54, 1.807) is 0 Å². The summed E-state index contributed by atoms with van der Waals surface area (Å²) in [6.07, 6.45) is 3.06. The van der Waals surface area contributed by atoms with Gasteiger partial charge in [-0.25, -0.2) is 0 Å². The fraction of sp³-hybridized carbons (Fsp3) is 0.611. The second-order valence-electron chi connectivity index (χ2n) is 6.72. The molecule has 0 radical (unpaired) electrons. The quantitative estimate of drug-likeness (QED) is 0.824. The second kappa shape index (κ2) is 6.49. The molecule has 0 heterocycles. The summed E-state index contributed by atoms with van der Waals surface area (Å²) in [5.74, 6) is 1.38. The Morgan fingerprint density at radius 2 is 2.10 bits per heavy atom. The van der Waals surface area contributed by atoms with Crippen molar-refractivity contribution in [1.29, 1.82) is 5.26 Å². The van der Waals surface area contributed by atoms with Gasteiger partial charge in [0.1, 0.15) is 11.3 Å². The van der Waals surface area contributed by atoms with Gasteiger partial charge in [0.25, 0.3) is 0 Å². The van der Waals surface area contributed by atoms with Crippen LogP contribution in [0, 0.1) is 11.3 Å². The summed E-state index contributed by atoms with van der Waals surface area (Å²) < 4.78 is 6.01. The van der Waals surface area contributed by atoms with Crippen LogP contribution in [0.3, 0.4) is 0 Å². The predicted molar refractivity (Wildman–Crippen MR) is 85.4 cm³/mol. The topological polar surface area (TPSA) is 45.0 Å². The molecule has 1 aliphatic rings. The lowest BCUT2D eigenvalue weighted by Gasteiger charge is -2.27. The number of hydrogen-bond acceptors (Lipinski definition) is 3. The maximum atomic E-state index is 9.43. The van der Waals surface area contributed by atoms with Crippen molar-refractivity contribution >= 4 is 0 Å². The molecule has 1 fully saturated rings. The van der Waals surface area contributed by atoms with Crippen LogP contribution in [-0.4, -0.2) is 17.7 Å². The van der Waals surface area contributed by atoms with Crippen molar-refractivity contribution < 1.29 is 4.74 Å². The summed E-state index contributed by atoms with van der Waals surface area (Å²) in [6.45, 7) is 8.35. The number of benzene rings is 1. The van der Waals surface area contributed by atoms with Crippen molar-refractivity contribution in [1.82, 2.24) is 5.32 Å². The summed E-state index contributed by atoms with van der Waals surface area (Å²) in [7, 11) is 0. The summed E-state index contributed by atoms with van der Waals surface area (Å²) >= 11 is 0. The summed E-state index contributed by atoms with van der Waals surface area (Å²) in [5.41, 5.74) is 0.773. The molecule has 0 bridgehead atoms. The first-order valence-corrected chi connectivity index (χ1v) is 7.87. The fourth-order valence-electron chi connectivity index (χ4n) is 2.61. The highest BCUT2D eigenvalue weighted by Gasteiger charge is 2.34. The van der Waals surface area contributed by atoms with Gasteiger partial charge < -0.3 is 4.74 Å². The third-order valence-corrected chi connectivity index (χ3v) is 3.90. The smallest absolute Gasteiger partial charge is 0.119 e. The number of ether oxygens (including phenoxy) is 1. The Morgan fingerprint density at radius 3 is 2.67 bits per heavy atom. The molecule has 1 saturated carbocycles. The first-order chi connectivity index (χ1) is 9.92. The monoisotopic (exact) mass is 286 g/mol. The maximum absolute atomic E-state index is 9.43. The Labute approximate surface area is 128 Å². The Kier molecular flexibility index (Phi) is 4.90. The highest BCUT2D eigenvalue weighted by atomic mass is 16.5. The fourth-order valence-corrected chi connectivity index (χ4v) is 2.61. The van der Waals surface area contributed by atoms with E-state index in [1.165, 1.54) is 18.4 Å². The van der Waals surface area contributed by atoms with E-state index in [4.69, 9.17) is 4.74 Å². The van der Waals surface area contributed by atoms with Crippen LogP contribution in [0.2, 0.25) is 0 Å². The summed E-state index contributed by atoms with van der Waals surface area (Å²) in [5, 5.41) is 12.8. The van der Waals surface area contributed by atoms with Crippen LogP contribution < -0.4 is 10.1 Å². The third kappa shape index (κ3) is 4.75. The van der Waals surface area contributed by atoms with E-state index in [9.17, 15) is 5.26 Å². The number of nitrogens with one attached hydrogen (secondary N) is 1. The molecule has 2 atom stereocenters. The van der Waals surface area contributed by atoms with Crippen LogP contribution in [-0.2, 0) is 0 Å². The molecule has 21 heavy (non-hydrogen) atoms. The Balaban J connectivity index is 1.95. The van der Waals surface area contributed by atoms with E-state index < -0.39 is 5.54 Å². The van der Waals surface area contributed by atoms with Crippen LogP contribution in [0.1, 0.15) is 58.4 Å². The molecule has 0 spiro atoms. The van der Waals surface area contributed by atoms with E-state index in [0.29, 0.717) is 18.4 Å². The second-order valence-corrected chi connectivity index (χ2v) is 6.72. The number of nitriles is 1. The van der Waals surface area contributed by atoms with E-state index >= 15 is 0 Å². The minimum atomic E-state index is -0.504. The molecule has 3 nitrogen and oxygen atoms in total. The van der Waals surface area contributed by atoms with Crippen molar-refractivity contribution in [2.24, 2.45) is 0 Å². The van der Waals surface area contributed by atoms with Gasteiger partial charge in [0, 0.05) is 12.5 Å². The molecule has 1 aliphatic carbocycles. The molecule has 0 amide bonds. The molecular weight excluding hydrogens is 260 g/mol. The lowest BCUT2D eigenvalue weighted by Crippen LogP contribution is -2.45. The average molecular weight is 286 g/mol. The highest BCUT2D eigenvalue weighted by Crippen LogP contribution is 2.26. The third-order valence-electron chi connectivity index (χ3n) is 3.90. The lowest BCUT2D eigenvalue weighted by atomic mass is 9.96. The SMILES string of the molecule is CC(CC(C)(C#N)NC1CC1)Oc1cccc(C(C)C)c1. The van der Waals surface area contributed by atoms with E-state index in [1.807, 2.05) is 26.0 Å². The molecular formula is C18H26N2O. The number of nitrogens with zero attached hydrogens (tertiary/aromatic N) is 1. The normalized spacial score (nSPS) is 18.9. The average Bonchev–Trinajstić information content (AvgIpc) is 3.22. The van der Waals surface area contributed by atoms with Crippen molar-refractivity contribution in [3.05, 3.63) is 29.8 Å².